The van der Waals surface area contributed by atoms with E-state index in [1.807, 2.05) is 0 Å². The Bertz CT molecular complexity index is 93.7. The van der Waals surface area contributed by atoms with E-state index in [9.17, 15) is 0 Å². The highest BCUT2D eigenvalue weighted by Gasteiger charge is 2.19. The Hall–Kier alpha value is -0.340. The molecule has 0 saturated carbocycles. The maximum Gasteiger partial charge on any atom is 0.0192 e. The lowest BCUT2D eigenvalue weighted by Crippen LogP contribution is -2.52. The van der Waals surface area contributed by atoms with Crippen LogP contribution in [0, 0.1) is 0 Å². The molecule has 0 aromatic carbocycles. The monoisotopic (exact) mass is 156 g/mol. The van der Waals surface area contributed by atoms with Gasteiger partial charge in [0.2, 0.25) is 0 Å². The average Bonchev–Trinajstić information content (AvgIpc) is 2.04. The molecule has 0 amide bonds. The number of rotatable bonds is 0. The molecule has 1 aliphatic heterocycles. The Kier molecular flexibility index (Phi) is 5.16. The lowest BCUT2D eigenvalue weighted by Gasteiger charge is -2.36. The first-order valence-corrected chi connectivity index (χ1v) is 4.14. The van der Waals surface area contributed by atoms with Crippen LogP contribution in [0.4, 0.5) is 0 Å². The quantitative estimate of drug-likeness (QED) is 0.528. The Labute approximate surface area is 70.3 Å². The molecule has 1 rings (SSSR count). The second-order valence-electron chi connectivity index (χ2n) is 3.02. The first-order valence-electron chi connectivity index (χ1n) is 4.14. The summed E-state index contributed by atoms with van der Waals surface area (Å²) in [5.41, 5.74) is 0. The predicted molar refractivity (Wildman–Crippen MR) is 50.8 cm³/mol. The van der Waals surface area contributed by atoms with Crippen LogP contribution >= 0.6 is 0 Å². The maximum absolute atomic E-state index is 3.37. The fourth-order valence-corrected chi connectivity index (χ4v) is 1.22. The van der Waals surface area contributed by atoms with Crippen molar-refractivity contribution in [1.82, 2.24) is 10.2 Å². The van der Waals surface area contributed by atoms with Crippen molar-refractivity contribution in [2.75, 3.05) is 20.1 Å². The number of nitrogens with zero attached hydrogens (tertiary/aromatic N) is 1. The molecule has 2 nitrogen and oxygen atoms in total. The van der Waals surface area contributed by atoms with Gasteiger partial charge >= 0.3 is 0 Å². The van der Waals surface area contributed by atoms with Crippen LogP contribution in [0.1, 0.15) is 13.8 Å². The van der Waals surface area contributed by atoms with Crippen molar-refractivity contribution >= 4 is 0 Å². The van der Waals surface area contributed by atoms with Gasteiger partial charge in [0.05, 0.1) is 0 Å². The summed E-state index contributed by atoms with van der Waals surface area (Å²) in [6.45, 7) is 12.8. The second kappa shape index (κ2) is 5.33. The van der Waals surface area contributed by atoms with E-state index < -0.39 is 0 Å². The summed E-state index contributed by atoms with van der Waals surface area (Å²) >= 11 is 0. The van der Waals surface area contributed by atoms with E-state index in [1.54, 1.807) is 0 Å². The molecule has 1 saturated heterocycles. The van der Waals surface area contributed by atoms with Gasteiger partial charge in [-0.2, -0.15) is 0 Å². The second-order valence-corrected chi connectivity index (χ2v) is 3.02. The van der Waals surface area contributed by atoms with Crippen LogP contribution in [0.25, 0.3) is 0 Å². The average molecular weight is 156 g/mol. The van der Waals surface area contributed by atoms with Gasteiger partial charge < -0.3 is 5.32 Å². The summed E-state index contributed by atoms with van der Waals surface area (Å²) in [5, 5.41) is 3.37. The van der Waals surface area contributed by atoms with Crippen molar-refractivity contribution in [2.45, 2.75) is 25.9 Å². The summed E-state index contributed by atoms with van der Waals surface area (Å²) < 4.78 is 0. The normalized spacial score (nSPS) is 32.3. The van der Waals surface area contributed by atoms with Crippen LogP contribution in [-0.2, 0) is 0 Å². The van der Waals surface area contributed by atoms with Crippen molar-refractivity contribution in [3.05, 3.63) is 13.2 Å². The van der Waals surface area contributed by atoms with Gasteiger partial charge in [0, 0.05) is 25.2 Å². The highest BCUT2D eigenvalue weighted by molar-refractivity contribution is 4.79. The van der Waals surface area contributed by atoms with Gasteiger partial charge in [0.25, 0.3) is 0 Å². The molecular weight excluding hydrogens is 136 g/mol. The molecule has 0 radical (unpaired) electrons. The van der Waals surface area contributed by atoms with Gasteiger partial charge in [0.1, 0.15) is 0 Å². The standard InChI is InChI=1S/C7H16N2.C2H4/c1-6-4-8-5-7(2)9(6)3;1-2/h6-8H,4-5H2,1-3H3;1-2H2. The van der Waals surface area contributed by atoms with Crippen LogP contribution in [0.3, 0.4) is 0 Å². The lowest BCUT2D eigenvalue weighted by molar-refractivity contribution is 0.152. The minimum absolute atomic E-state index is 0.703. The first kappa shape index (κ1) is 10.7. The van der Waals surface area contributed by atoms with Gasteiger partial charge in [-0.25, -0.2) is 0 Å². The fraction of sp³-hybridized carbons (Fsp3) is 0.778. The summed E-state index contributed by atoms with van der Waals surface area (Å²) in [7, 11) is 2.19. The van der Waals surface area contributed by atoms with Gasteiger partial charge in [-0.05, 0) is 20.9 Å². The molecule has 66 valence electrons. The minimum atomic E-state index is 0.703. The Balaban J connectivity index is 0.000000461. The highest BCUT2D eigenvalue weighted by atomic mass is 15.2. The maximum atomic E-state index is 3.37. The van der Waals surface area contributed by atoms with E-state index in [1.165, 1.54) is 0 Å². The topological polar surface area (TPSA) is 15.3 Å². The zero-order chi connectivity index (χ0) is 8.85. The largest absolute Gasteiger partial charge is 0.314 e. The van der Waals surface area contributed by atoms with E-state index in [4.69, 9.17) is 0 Å². The molecule has 0 aromatic rings. The predicted octanol–water partition coefficient (Wildman–Crippen LogP) is 1.10. The van der Waals surface area contributed by atoms with Crippen LogP contribution in [0.5, 0.6) is 0 Å². The van der Waals surface area contributed by atoms with Crippen molar-refractivity contribution in [1.29, 1.82) is 0 Å². The Morgan fingerprint density at radius 2 is 1.55 bits per heavy atom. The molecule has 2 heteroatoms. The lowest BCUT2D eigenvalue weighted by atomic mass is 10.1. The van der Waals surface area contributed by atoms with Gasteiger partial charge in [-0.15, -0.1) is 13.2 Å². The first-order chi connectivity index (χ1) is 5.22. The molecular formula is C9H20N2. The summed E-state index contributed by atoms with van der Waals surface area (Å²) in [5.74, 6) is 0. The molecule has 2 atom stereocenters. The zero-order valence-corrected chi connectivity index (χ0v) is 7.93. The molecule has 11 heavy (non-hydrogen) atoms. The molecule has 0 bridgehead atoms. The van der Waals surface area contributed by atoms with E-state index in [0.29, 0.717) is 12.1 Å². The summed E-state index contributed by atoms with van der Waals surface area (Å²) in [6.07, 6.45) is 0. The van der Waals surface area contributed by atoms with Crippen LogP contribution in [0.2, 0.25) is 0 Å². The smallest absolute Gasteiger partial charge is 0.0192 e. The molecule has 0 aromatic heterocycles. The van der Waals surface area contributed by atoms with Gasteiger partial charge in [-0.3, -0.25) is 4.90 Å². The van der Waals surface area contributed by atoms with Crippen molar-refractivity contribution < 1.29 is 0 Å². The van der Waals surface area contributed by atoms with E-state index in [0.717, 1.165) is 13.1 Å². The molecule has 0 aliphatic carbocycles. The Morgan fingerprint density at radius 3 is 1.82 bits per heavy atom. The molecule has 2 unspecified atom stereocenters. The van der Waals surface area contributed by atoms with Crippen molar-refractivity contribution in [2.24, 2.45) is 0 Å². The van der Waals surface area contributed by atoms with E-state index in [2.05, 4.69) is 44.3 Å². The van der Waals surface area contributed by atoms with Gasteiger partial charge in [0.15, 0.2) is 0 Å². The molecule has 1 aliphatic rings. The molecule has 0 spiro atoms. The Morgan fingerprint density at radius 1 is 1.18 bits per heavy atom. The SMILES string of the molecule is C=C.CC1CNCC(C)N1C. The van der Waals surface area contributed by atoms with E-state index >= 15 is 0 Å². The number of piperazine rings is 1. The van der Waals surface area contributed by atoms with Crippen molar-refractivity contribution in [3.8, 4) is 0 Å². The third kappa shape index (κ3) is 3.04. The fourth-order valence-electron chi connectivity index (χ4n) is 1.22. The third-order valence-electron chi connectivity index (χ3n) is 2.27. The number of likely N-dealkylation sites (N-methyl/N-ethyl adjacent to an activating group) is 1. The van der Waals surface area contributed by atoms with Crippen molar-refractivity contribution in [3.63, 3.8) is 0 Å². The van der Waals surface area contributed by atoms with Gasteiger partial charge in [-0.1, -0.05) is 0 Å². The highest BCUT2D eigenvalue weighted by Crippen LogP contribution is 2.04. The number of hydrogen-bond donors (Lipinski definition) is 1. The molecule has 1 fully saturated rings. The van der Waals surface area contributed by atoms with Crippen LogP contribution in [0.15, 0.2) is 13.2 Å². The number of hydrogen-bond acceptors (Lipinski definition) is 2. The minimum Gasteiger partial charge on any atom is -0.314 e. The summed E-state index contributed by atoms with van der Waals surface area (Å²) in [4.78, 5) is 2.41. The van der Waals surface area contributed by atoms with E-state index in [-0.39, 0.29) is 0 Å². The van der Waals surface area contributed by atoms with Crippen LogP contribution in [-0.4, -0.2) is 37.1 Å². The number of nitrogens with one attached hydrogen (secondary N) is 1. The zero-order valence-electron chi connectivity index (χ0n) is 7.93. The third-order valence-corrected chi connectivity index (χ3v) is 2.27. The summed E-state index contributed by atoms with van der Waals surface area (Å²) in [6, 6.07) is 1.41. The molecule has 1 N–H and O–H groups in total. The molecule has 1 heterocycles. The van der Waals surface area contributed by atoms with Crippen LogP contribution < -0.4 is 5.32 Å².